The molecule has 118 valence electrons. The van der Waals surface area contributed by atoms with Gasteiger partial charge >= 0.3 is 0 Å². The quantitative estimate of drug-likeness (QED) is 0.863. The van der Waals surface area contributed by atoms with Crippen LogP contribution in [0.2, 0.25) is 5.22 Å². The Morgan fingerprint density at radius 2 is 2.27 bits per heavy atom. The summed E-state index contributed by atoms with van der Waals surface area (Å²) in [4.78, 5) is 18.5. The lowest BCUT2D eigenvalue weighted by Crippen LogP contribution is -2.43. The largest absolute Gasteiger partial charge is 0.440 e. The highest BCUT2D eigenvalue weighted by Gasteiger charge is 2.34. The predicted octanol–water partition coefficient (Wildman–Crippen LogP) is 2.65. The Kier molecular flexibility index (Phi) is 4.17. The van der Waals surface area contributed by atoms with Crippen LogP contribution < -0.4 is 0 Å². The summed E-state index contributed by atoms with van der Waals surface area (Å²) in [6.45, 7) is 5.11. The summed E-state index contributed by atoms with van der Waals surface area (Å²) in [5.41, 5.74) is 0. The maximum absolute atomic E-state index is 12.6. The number of rotatable bonds is 3. The van der Waals surface area contributed by atoms with Gasteiger partial charge in [0.2, 0.25) is 5.89 Å². The average molecular weight is 326 g/mol. The van der Waals surface area contributed by atoms with E-state index < -0.39 is 6.04 Å². The van der Waals surface area contributed by atoms with Gasteiger partial charge in [0.25, 0.3) is 5.91 Å². The Morgan fingerprint density at radius 1 is 1.45 bits per heavy atom. The van der Waals surface area contributed by atoms with E-state index in [0.717, 1.165) is 0 Å². The normalized spacial score (nSPS) is 18.9. The van der Waals surface area contributed by atoms with Gasteiger partial charge in [0.15, 0.2) is 16.8 Å². The average Bonchev–Trinajstić information content (AvgIpc) is 3.15. The van der Waals surface area contributed by atoms with Crippen molar-refractivity contribution in [3.05, 3.63) is 34.8 Å². The molecule has 0 aliphatic carbocycles. The first-order valence-electron chi connectivity index (χ1n) is 7.04. The van der Waals surface area contributed by atoms with E-state index in [-0.39, 0.29) is 22.8 Å². The van der Waals surface area contributed by atoms with E-state index in [2.05, 4.69) is 10.1 Å². The molecular weight excluding hydrogens is 310 g/mol. The van der Waals surface area contributed by atoms with Gasteiger partial charge in [0, 0.05) is 12.5 Å². The Morgan fingerprint density at radius 3 is 2.91 bits per heavy atom. The number of morpholine rings is 1. The number of carbonyl (C=O) groups is 1. The lowest BCUT2D eigenvalue weighted by molar-refractivity contribution is -0.00727. The number of carbonyl (C=O) groups excluding carboxylic acids is 1. The fourth-order valence-electron chi connectivity index (χ4n) is 2.25. The molecule has 1 aliphatic heterocycles. The van der Waals surface area contributed by atoms with Crippen LogP contribution in [0.3, 0.4) is 0 Å². The van der Waals surface area contributed by atoms with E-state index in [9.17, 15) is 4.79 Å². The number of amides is 1. The van der Waals surface area contributed by atoms with Crippen molar-refractivity contribution in [1.82, 2.24) is 15.0 Å². The minimum absolute atomic E-state index is 0.124. The summed E-state index contributed by atoms with van der Waals surface area (Å²) in [5.74, 6) is 1.02. The van der Waals surface area contributed by atoms with Gasteiger partial charge in [-0.15, -0.1) is 0 Å². The van der Waals surface area contributed by atoms with Crippen molar-refractivity contribution in [3.8, 4) is 0 Å². The summed E-state index contributed by atoms with van der Waals surface area (Å²) in [7, 11) is 0. The molecule has 1 amide bonds. The molecule has 22 heavy (non-hydrogen) atoms. The first kappa shape index (κ1) is 15.1. The molecule has 0 unspecified atom stereocenters. The molecular formula is C14H16ClN3O4. The molecule has 0 spiro atoms. The highest BCUT2D eigenvalue weighted by Crippen LogP contribution is 2.26. The molecule has 1 saturated heterocycles. The van der Waals surface area contributed by atoms with Crippen LogP contribution >= 0.6 is 11.6 Å². The summed E-state index contributed by atoms with van der Waals surface area (Å²) in [5, 5.41) is 4.15. The van der Waals surface area contributed by atoms with Crippen LogP contribution in [0.5, 0.6) is 0 Å². The third-order valence-corrected chi connectivity index (χ3v) is 3.63. The van der Waals surface area contributed by atoms with Crippen molar-refractivity contribution < 1.29 is 18.5 Å². The van der Waals surface area contributed by atoms with Crippen LogP contribution in [-0.4, -0.2) is 40.7 Å². The number of hydrogen-bond donors (Lipinski definition) is 0. The molecule has 1 atom stereocenters. The van der Waals surface area contributed by atoms with Crippen LogP contribution in [-0.2, 0) is 4.74 Å². The van der Waals surface area contributed by atoms with Crippen LogP contribution in [0.25, 0.3) is 0 Å². The van der Waals surface area contributed by atoms with Crippen LogP contribution in [0.4, 0.5) is 0 Å². The second-order valence-electron chi connectivity index (χ2n) is 5.34. The molecule has 3 rings (SSSR count). The third-order valence-electron chi connectivity index (χ3n) is 3.42. The van der Waals surface area contributed by atoms with Crippen molar-refractivity contribution in [2.24, 2.45) is 0 Å². The Hall–Kier alpha value is -1.86. The maximum Gasteiger partial charge on any atom is 0.290 e. The second kappa shape index (κ2) is 6.10. The van der Waals surface area contributed by atoms with E-state index in [0.29, 0.717) is 31.5 Å². The molecule has 1 fully saturated rings. The summed E-state index contributed by atoms with van der Waals surface area (Å²) < 4.78 is 15.9. The van der Waals surface area contributed by atoms with Gasteiger partial charge in [-0.25, -0.2) is 0 Å². The van der Waals surface area contributed by atoms with Crippen molar-refractivity contribution >= 4 is 17.5 Å². The lowest BCUT2D eigenvalue weighted by Gasteiger charge is -2.32. The summed E-state index contributed by atoms with van der Waals surface area (Å²) >= 11 is 5.73. The van der Waals surface area contributed by atoms with Gasteiger partial charge in [-0.2, -0.15) is 4.98 Å². The third kappa shape index (κ3) is 2.86. The standard InChI is InChI=1S/C14H16ClN3O4/c1-8(2)13-16-12(17-22-13)9-7-20-6-5-18(9)14(19)10-3-4-11(15)21-10/h3-4,8-9H,5-7H2,1-2H3/t9-/m1/s1. The molecule has 2 aromatic rings. The molecule has 0 N–H and O–H groups in total. The first-order chi connectivity index (χ1) is 10.6. The summed E-state index contributed by atoms with van der Waals surface area (Å²) in [6, 6.07) is 2.68. The minimum Gasteiger partial charge on any atom is -0.440 e. The molecule has 0 aromatic carbocycles. The highest BCUT2D eigenvalue weighted by atomic mass is 35.5. The predicted molar refractivity (Wildman–Crippen MR) is 76.7 cm³/mol. The SMILES string of the molecule is CC(C)c1nc([C@H]2COCCN2C(=O)c2ccc(Cl)o2)no1. The number of halogens is 1. The zero-order valence-electron chi connectivity index (χ0n) is 12.3. The van der Waals surface area contributed by atoms with Crippen molar-refractivity contribution in [1.29, 1.82) is 0 Å². The molecule has 2 aromatic heterocycles. The molecule has 1 aliphatic rings. The molecule has 0 saturated carbocycles. The number of nitrogens with zero attached hydrogens (tertiary/aromatic N) is 3. The second-order valence-corrected chi connectivity index (χ2v) is 5.71. The summed E-state index contributed by atoms with van der Waals surface area (Å²) in [6.07, 6.45) is 0. The molecule has 7 nitrogen and oxygen atoms in total. The fraction of sp³-hybridized carbons (Fsp3) is 0.500. The van der Waals surface area contributed by atoms with Gasteiger partial charge in [-0.05, 0) is 23.7 Å². The zero-order valence-corrected chi connectivity index (χ0v) is 13.0. The molecule has 0 radical (unpaired) electrons. The zero-order chi connectivity index (χ0) is 15.7. The monoisotopic (exact) mass is 325 g/mol. The smallest absolute Gasteiger partial charge is 0.290 e. The van der Waals surface area contributed by atoms with E-state index in [1.807, 2.05) is 13.8 Å². The van der Waals surface area contributed by atoms with Gasteiger partial charge in [0.05, 0.1) is 13.2 Å². The van der Waals surface area contributed by atoms with Gasteiger partial charge in [-0.3, -0.25) is 4.79 Å². The number of furan rings is 1. The van der Waals surface area contributed by atoms with Crippen LogP contribution in [0.1, 0.15) is 48.1 Å². The van der Waals surface area contributed by atoms with Crippen LogP contribution in [0, 0.1) is 0 Å². The van der Waals surface area contributed by atoms with E-state index >= 15 is 0 Å². The highest BCUT2D eigenvalue weighted by molar-refractivity contribution is 6.29. The van der Waals surface area contributed by atoms with Gasteiger partial charge in [0.1, 0.15) is 6.04 Å². The van der Waals surface area contributed by atoms with Crippen molar-refractivity contribution in [2.45, 2.75) is 25.8 Å². The number of aromatic nitrogens is 2. The van der Waals surface area contributed by atoms with E-state index in [4.69, 9.17) is 25.3 Å². The Labute approximate surface area is 132 Å². The first-order valence-corrected chi connectivity index (χ1v) is 7.41. The number of ether oxygens (including phenoxy) is 1. The van der Waals surface area contributed by atoms with E-state index in [1.54, 1.807) is 11.0 Å². The van der Waals surface area contributed by atoms with E-state index in [1.165, 1.54) is 6.07 Å². The molecule has 8 heteroatoms. The maximum atomic E-state index is 12.6. The van der Waals surface area contributed by atoms with Crippen molar-refractivity contribution in [3.63, 3.8) is 0 Å². The molecule has 3 heterocycles. The van der Waals surface area contributed by atoms with Crippen molar-refractivity contribution in [2.75, 3.05) is 19.8 Å². The fourth-order valence-corrected chi connectivity index (χ4v) is 2.39. The Balaban J connectivity index is 1.85. The minimum atomic E-state index is -0.402. The van der Waals surface area contributed by atoms with Crippen LogP contribution in [0.15, 0.2) is 21.1 Å². The van der Waals surface area contributed by atoms with Gasteiger partial charge < -0.3 is 18.6 Å². The number of hydrogen-bond acceptors (Lipinski definition) is 6. The molecule has 0 bridgehead atoms. The van der Waals surface area contributed by atoms with Gasteiger partial charge in [-0.1, -0.05) is 19.0 Å². The lowest BCUT2D eigenvalue weighted by atomic mass is 10.2. The topological polar surface area (TPSA) is 81.6 Å². The Bertz CT molecular complexity index is 667.